The predicted molar refractivity (Wildman–Crippen MR) is 38.0 cm³/mol. The number of hydrogen-bond acceptors (Lipinski definition) is 1. The molecular weight excluding hydrogens is 218 g/mol. The van der Waals surface area contributed by atoms with Gasteiger partial charge < -0.3 is 9.79 Å². The summed E-state index contributed by atoms with van der Waals surface area (Å²) in [5, 5.41) is 0.358. The number of hydrogen-bond donors (Lipinski definition) is 2. The summed E-state index contributed by atoms with van der Waals surface area (Å²) in [6.45, 7) is 0. The third kappa shape index (κ3) is 10.0. The number of halogens is 2. The fraction of sp³-hybridized carbons (Fsp3) is 1.00. The first-order chi connectivity index (χ1) is 3.06. The van der Waals surface area contributed by atoms with E-state index in [0.717, 1.165) is 0 Å². The Labute approximate surface area is 62.2 Å². The summed E-state index contributed by atoms with van der Waals surface area (Å²) < 4.78 is 9.90. The van der Waals surface area contributed by atoms with E-state index >= 15 is 0 Å². The summed E-state index contributed by atoms with van der Waals surface area (Å²) in [6.07, 6.45) is -0.0764. The van der Waals surface area contributed by atoms with Gasteiger partial charge in [-0.1, -0.05) is 15.9 Å². The summed E-state index contributed by atoms with van der Waals surface area (Å²) >= 11 is 2.89. The molecule has 0 spiro atoms. The first-order valence-electron chi connectivity index (χ1n) is 1.67. The normalized spacial score (nSPS) is 10.4. The molecule has 3 nitrogen and oxygen atoms in total. The first-order valence-corrected chi connectivity index (χ1v) is 4.59. The van der Waals surface area contributed by atoms with Gasteiger partial charge in [0.25, 0.3) is 0 Å². The van der Waals surface area contributed by atoms with E-state index in [9.17, 15) is 4.57 Å². The van der Waals surface area contributed by atoms with Gasteiger partial charge in [0.2, 0.25) is 0 Å². The molecule has 2 N–H and O–H groups in total. The molecule has 0 aromatic heterocycles. The lowest BCUT2D eigenvalue weighted by Crippen LogP contribution is -1.85. The molecule has 0 aliphatic rings. The first kappa shape index (κ1) is 11.7. The van der Waals surface area contributed by atoms with E-state index in [4.69, 9.17) is 9.79 Å². The van der Waals surface area contributed by atoms with Crippen LogP contribution in [0.1, 0.15) is 0 Å². The fourth-order valence-electron chi connectivity index (χ4n) is 0.110. The van der Waals surface area contributed by atoms with Crippen molar-refractivity contribution in [3.8, 4) is 0 Å². The highest BCUT2D eigenvalue weighted by molar-refractivity contribution is 9.09. The second-order valence-corrected chi connectivity index (χ2v) is 3.65. The van der Waals surface area contributed by atoms with Crippen LogP contribution in [0.25, 0.3) is 0 Å². The van der Waals surface area contributed by atoms with Crippen LogP contribution in [0.2, 0.25) is 0 Å². The highest BCUT2D eigenvalue weighted by Crippen LogP contribution is 2.33. The maximum atomic E-state index is 9.90. The van der Waals surface area contributed by atoms with Gasteiger partial charge in [0.15, 0.2) is 0 Å². The van der Waals surface area contributed by atoms with Crippen molar-refractivity contribution in [2.45, 2.75) is 0 Å². The molecule has 0 aromatic carbocycles. The zero-order valence-corrected chi connectivity index (χ0v) is 7.25. The van der Waals surface area contributed by atoms with Crippen LogP contribution in [0.15, 0.2) is 0 Å². The molecule has 0 aromatic rings. The van der Waals surface area contributed by atoms with Gasteiger partial charge in [-0.15, -0.1) is 12.4 Å². The van der Waals surface area contributed by atoms with Crippen LogP contribution in [0.3, 0.4) is 0 Å². The molecule has 52 valence electrons. The van der Waals surface area contributed by atoms with Crippen molar-refractivity contribution in [2.24, 2.45) is 0 Å². The Bertz CT molecular complexity index is 91.3. The molecule has 0 bridgehead atoms. The molecule has 0 heterocycles. The Morgan fingerprint density at radius 1 is 1.50 bits per heavy atom. The minimum absolute atomic E-state index is 0. The molecule has 0 fully saturated rings. The number of alkyl halides is 1. The van der Waals surface area contributed by atoms with E-state index in [-0.39, 0.29) is 18.6 Å². The maximum Gasteiger partial charge on any atom is 0.326 e. The van der Waals surface area contributed by atoms with Gasteiger partial charge >= 0.3 is 7.60 Å². The Hall–Kier alpha value is 0.920. The maximum absolute atomic E-state index is 9.90. The van der Waals surface area contributed by atoms with Crippen LogP contribution in [0, 0.1) is 0 Å². The largest absolute Gasteiger partial charge is 0.326 e. The highest BCUT2D eigenvalue weighted by Gasteiger charge is 2.09. The zero-order chi connectivity index (χ0) is 5.91. The lowest BCUT2D eigenvalue weighted by molar-refractivity contribution is 0.375. The van der Waals surface area contributed by atoms with Crippen molar-refractivity contribution in [3.05, 3.63) is 0 Å². The van der Waals surface area contributed by atoms with E-state index in [0.29, 0.717) is 5.33 Å². The second-order valence-electron chi connectivity index (χ2n) is 1.08. The van der Waals surface area contributed by atoms with Crippen molar-refractivity contribution < 1.29 is 14.4 Å². The van der Waals surface area contributed by atoms with E-state index < -0.39 is 7.60 Å². The molecule has 6 heteroatoms. The summed E-state index contributed by atoms with van der Waals surface area (Å²) in [4.78, 5) is 16.2. The van der Waals surface area contributed by atoms with Crippen LogP contribution in [0.5, 0.6) is 0 Å². The van der Waals surface area contributed by atoms with Crippen molar-refractivity contribution in [2.75, 3.05) is 11.5 Å². The van der Waals surface area contributed by atoms with Gasteiger partial charge in [-0.05, 0) is 0 Å². The second kappa shape index (κ2) is 4.77. The Kier molecular flexibility index (Phi) is 6.96. The van der Waals surface area contributed by atoms with Crippen LogP contribution in [-0.2, 0) is 4.57 Å². The van der Waals surface area contributed by atoms with Gasteiger partial charge in [-0.25, -0.2) is 0 Å². The van der Waals surface area contributed by atoms with Crippen LogP contribution >= 0.6 is 35.9 Å². The average molecular weight is 225 g/mol. The molecule has 0 aliphatic carbocycles. The summed E-state index contributed by atoms with van der Waals surface area (Å²) in [5.41, 5.74) is 0. The Morgan fingerprint density at radius 3 is 1.88 bits per heavy atom. The van der Waals surface area contributed by atoms with Crippen LogP contribution in [0.4, 0.5) is 0 Å². The quantitative estimate of drug-likeness (QED) is 0.544. The van der Waals surface area contributed by atoms with E-state index in [2.05, 4.69) is 15.9 Å². The van der Waals surface area contributed by atoms with Gasteiger partial charge in [-0.3, -0.25) is 4.57 Å². The molecule has 0 rings (SSSR count). The summed E-state index contributed by atoms with van der Waals surface area (Å²) in [6, 6.07) is 0. The SMILES string of the molecule is Cl.O=P(O)(O)CCBr. The standard InChI is InChI=1S/C2H6BrO3P.ClH/c3-1-2-7(4,5)6;/h1-2H2,(H2,4,5,6);1H. The minimum Gasteiger partial charge on any atom is -0.324 e. The fourth-order valence-corrected chi connectivity index (χ4v) is 1.72. The van der Waals surface area contributed by atoms with Crippen molar-refractivity contribution in [3.63, 3.8) is 0 Å². The van der Waals surface area contributed by atoms with Gasteiger partial charge in [0, 0.05) is 5.33 Å². The monoisotopic (exact) mass is 224 g/mol. The van der Waals surface area contributed by atoms with Gasteiger partial charge in [0.1, 0.15) is 0 Å². The predicted octanol–water partition coefficient (Wildman–Crippen LogP) is 0.981. The lowest BCUT2D eigenvalue weighted by atomic mass is 11.0. The Balaban J connectivity index is 0. The summed E-state index contributed by atoms with van der Waals surface area (Å²) in [5.74, 6) is 0. The smallest absolute Gasteiger partial charge is 0.324 e. The molecule has 0 unspecified atom stereocenters. The van der Waals surface area contributed by atoms with Crippen LogP contribution in [-0.4, -0.2) is 21.3 Å². The molecule has 8 heavy (non-hydrogen) atoms. The molecular formula is C2H7BrClO3P. The highest BCUT2D eigenvalue weighted by atomic mass is 79.9. The molecule has 0 saturated heterocycles. The zero-order valence-electron chi connectivity index (χ0n) is 3.95. The van der Waals surface area contributed by atoms with Gasteiger partial charge in [0.05, 0.1) is 6.16 Å². The molecule has 0 aliphatic heterocycles. The van der Waals surface area contributed by atoms with Crippen molar-refractivity contribution in [1.82, 2.24) is 0 Å². The molecule has 0 radical (unpaired) electrons. The van der Waals surface area contributed by atoms with E-state index in [1.165, 1.54) is 0 Å². The number of rotatable bonds is 2. The summed E-state index contributed by atoms with van der Waals surface area (Å²) in [7, 11) is -3.71. The molecule has 0 amide bonds. The molecule has 0 saturated carbocycles. The topological polar surface area (TPSA) is 57.5 Å². The van der Waals surface area contributed by atoms with Gasteiger partial charge in [-0.2, -0.15) is 0 Å². The van der Waals surface area contributed by atoms with E-state index in [1.807, 2.05) is 0 Å². The third-order valence-corrected chi connectivity index (χ3v) is 2.19. The molecule has 0 atom stereocenters. The van der Waals surface area contributed by atoms with Crippen molar-refractivity contribution in [1.29, 1.82) is 0 Å². The average Bonchev–Trinajstić information content (AvgIpc) is 1.30. The minimum atomic E-state index is -3.71. The third-order valence-electron chi connectivity index (χ3n) is 0.376. The van der Waals surface area contributed by atoms with E-state index in [1.54, 1.807) is 0 Å². The van der Waals surface area contributed by atoms with Crippen molar-refractivity contribution >= 4 is 35.9 Å². The Morgan fingerprint density at radius 2 is 1.88 bits per heavy atom. The lowest BCUT2D eigenvalue weighted by Gasteiger charge is -1.95. The van der Waals surface area contributed by atoms with Crippen LogP contribution < -0.4 is 0 Å².